The van der Waals surface area contributed by atoms with Crippen LogP contribution >= 0.6 is 22.9 Å². The molecule has 0 amide bonds. The molecular weight excluding hydrogens is 455 g/mol. The predicted molar refractivity (Wildman–Crippen MR) is 138 cm³/mol. The molecule has 4 aromatic rings. The number of benzene rings is 2. The fourth-order valence-electron chi connectivity index (χ4n) is 4.51. The standard InChI is InChI=1S/C26H26ClFN4S/c1-16(2)18-4-6-19(7-5-18)22-17(3)33-25-23(22)24(29-26(27)30-25)32-14-12-31(13-15-32)21-10-8-20(28)9-11-21/h4-11,16H,12-15H2,1-3H3. The van der Waals surface area contributed by atoms with Gasteiger partial charge in [-0.05, 0) is 59.8 Å². The third kappa shape index (κ3) is 4.30. The summed E-state index contributed by atoms with van der Waals surface area (Å²) in [5.74, 6) is 1.18. The fraction of sp³-hybridized carbons (Fsp3) is 0.308. The lowest BCUT2D eigenvalue weighted by atomic mass is 9.97. The van der Waals surface area contributed by atoms with E-state index in [2.05, 4.69) is 59.8 Å². The summed E-state index contributed by atoms with van der Waals surface area (Å²) in [6, 6.07) is 15.5. The molecule has 0 saturated carbocycles. The third-order valence-corrected chi connectivity index (χ3v) is 7.49. The summed E-state index contributed by atoms with van der Waals surface area (Å²) in [7, 11) is 0. The summed E-state index contributed by atoms with van der Waals surface area (Å²) in [6.07, 6.45) is 0. The first-order chi connectivity index (χ1) is 15.9. The van der Waals surface area contributed by atoms with Crippen LogP contribution in [0.25, 0.3) is 21.3 Å². The van der Waals surface area contributed by atoms with Crippen molar-refractivity contribution in [1.29, 1.82) is 0 Å². The zero-order valence-electron chi connectivity index (χ0n) is 19.0. The van der Waals surface area contributed by atoms with E-state index in [1.807, 2.05) is 12.1 Å². The fourth-order valence-corrected chi connectivity index (χ4v) is 5.76. The molecule has 1 saturated heterocycles. The van der Waals surface area contributed by atoms with Crippen LogP contribution in [-0.4, -0.2) is 36.1 Å². The number of aryl methyl sites for hydroxylation is 1. The highest BCUT2D eigenvalue weighted by molar-refractivity contribution is 7.19. The van der Waals surface area contributed by atoms with Gasteiger partial charge >= 0.3 is 0 Å². The molecular formula is C26H26ClFN4S. The number of aromatic nitrogens is 2. The molecule has 0 radical (unpaired) electrons. The molecule has 1 aliphatic rings. The lowest BCUT2D eigenvalue weighted by Gasteiger charge is -2.37. The van der Waals surface area contributed by atoms with Crippen LogP contribution in [0.5, 0.6) is 0 Å². The van der Waals surface area contributed by atoms with Crippen molar-refractivity contribution in [2.45, 2.75) is 26.7 Å². The average molecular weight is 481 g/mol. The van der Waals surface area contributed by atoms with Gasteiger partial charge in [-0.2, -0.15) is 4.98 Å². The van der Waals surface area contributed by atoms with Crippen LogP contribution in [-0.2, 0) is 0 Å². The largest absolute Gasteiger partial charge is 0.368 e. The second-order valence-electron chi connectivity index (χ2n) is 8.76. The predicted octanol–water partition coefficient (Wildman–Crippen LogP) is 6.91. The monoisotopic (exact) mass is 480 g/mol. The lowest BCUT2D eigenvalue weighted by Crippen LogP contribution is -2.47. The quantitative estimate of drug-likeness (QED) is 0.297. The van der Waals surface area contributed by atoms with Gasteiger partial charge in [0.25, 0.3) is 0 Å². The second kappa shape index (κ2) is 8.92. The van der Waals surface area contributed by atoms with Gasteiger partial charge in [-0.1, -0.05) is 38.1 Å². The topological polar surface area (TPSA) is 32.3 Å². The minimum absolute atomic E-state index is 0.211. The van der Waals surface area contributed by atoms with Gasteiger partial charge in [0.05, 0.1) is 5.39 Å². The Bertz CT molecular complexity index is 1280. The maximum atomic E-state index is 13.3. The zero-order chi connectivity index (χ0) is 23.1. The van der Waals surface area contributed by atoms with Crippen LogP contribution in [0, 0.1) is 12.7 Å². The van der Waals surface area contributed by atoms with Crippen LogP contribution in [0.4, 0.5) is 15.9 Å². The Kier molecular flexibility index (Phi) is 5.97. The van der Waals surface area contributed by atoms with Crippen LogP contribution < -0.4 is 9.80 Å². The molecule has 0 unspecified atom stereocenters. The Hall–Kier alpha value is -2.70. The first-order valence-electron chi connectivity index (χ1n) is 11.2. The first-order valence-corrected chi connectivity index (χ1v) is 12.4. The van der Waals surface area contributed by atoms with Gasteiger partial charge in [0, 0.05) is 42.3 Å². The number of halogens is 2. The maximum absolute atomic E-state index is 13.3. The molecule has 2 aromatic heterocycles. The first kappa shape index (κ1) is 22.1. The second-order valence-corrected chi connectivity index (χ2v) is 10.3. The summed E-state index contributed by atoms with van der Waals surface area (Å²) in [4.78, 5) is 16.0. The van der Waals surface area contributed by atoms with E-state index < -0.39 is 0 Å². The van der Waals surface area contributed by atoms with Crippen LogP contribution in [0.1, 0.15) is 30.2 Å². The molecule has 2 aromatic carbocycles. The van der Waals surface area contributed by atoms with Crippen molar-refractivity contribution >= 4 is 44.7 Å². The highest BCUT2D eigenvalue weighted by Crippen LogP contribution is 2.42. The van der Waals surface area contributed by atoms with E-state index >= 15 is 0 Å². The van der Waals surface area contributed by atoms with Crippen molar-refractivity contribution < 1.29 is 4.39 Å². The molecule has 0 aliphatic carbocycles. The summed E-state index contributed by atoms with van der Waals surface area (Å²) in [5, 5.41) is 1.36. The normalized spacial score (nSPS) is 14.5. The number of thiophene rings is 1. The molecule has 1 aliphatic heterocycles. The number of anilines is 2. The Labute approximate surface area is 202 Å². The minimum Gasteiger partial charge on any atom is -0.368 e. The Morgan fingerprint density at radius 2 is 1.55 bits per heavy atom. The van der Waals surface area contributed by atoms with E-state index in [1.54, 1.807) is 11.3 Å². The third-order valence-electron chi connectivity index (χ3n) is 6.32. The van der Waals surface area contributed by atoms with Crippen molar-refractivity contribution in [1.82, 2.24) is 9.97 Å². The van der Waals surface area contributed by atoms with Crippen molar-refractivity contribution in [3.63, 3.8) is 0 Å². The molecule has 0 N–H and O–H groups in total. The van der Waals surface area contributed by atoms with E-state index in [1.165, 1.54) is 33.7 Å². The van der Waals surface area contributed by atoms with E-state index in [9.17, 15) is 4.39 Å². The van der Waals surface area contributed by atoms with Gasteiger partial charge in [0.2, 0.25) is 5.28 Å². The summed E-state index contributed by atoms with van der Waals surface area (Å²) < 4.78 is 13.3. The summed E-state index contributed by atoms with van der Waals surface area (Å²) >= 11 is 8.02. The van der Waals surface area contributed by atoms with E-state index in [-0.39, 0.29) is 11.1 Å². The number of rotatable bonds is 4. The van der Waals surface area contributed by atoms with Crippen molar-refractivity contribution in [2.75, 3.05) is 36.0 Å². The van der Waals surface area contributed by atoms with Gasteiger partial charge in [-0.3, -0.25) is 0 Å². The highest BCUT2D eigenvalue weighted by atomic mass is 35.5. The Morgan fingerprint density at radius 1 is 0.909 bits per heavy atom. The van der Waals surface area contributed by atoms with Gasteiger partial charge in [-0.25, -0.2) is 9.37 Å². The number of nitrogens with zero attached hydrogens (tertiary/aromatic N) is 4. The summed E-state index contributed by atoms with van der Waals surface area (Å²) in [6.45, 7) is 9.83. The van der Waals surface area contributed by atoms with Gasteiger partial charge in [-0.15, -0.1) is 11.3 Å². The molecule has 0 bridgehead atoms. The molecule has 3 heterocycles. The van der Waals surface area contributed by atoms with Crippen LogP contribution in [0.2, 0.25) is 5.28 Å². The highest BCUT2D eigenvalue weighted by Gasteiger charge is 2.25. The van der Waals surface area contributed by atoms with Gasteiger partial charge in [0.15, 0.2) is 0 Å². The molecule has 5 rings (SSSR count). The van der Waals surface area contributed by atoms with Crippen molar-refractivity contribution in [3.05, 3.63) is 70.1 Å². The van der Waals surface area contributed by atoms with Crippen molar-refractivity contribution in [2.24, 2.45) is 0 Å². The Balaban J connectivity index is 1.50. The Morgan fingerprint density at radius 3 is 2.18 bits per heavy atom. The van der Waals surface area contributed by atoms with Crippen molar-refractivity contribution in [3.8, 4) is 11.1 Å². The van der Waals surface area contributed by atoms with E-state index in [0.717, 1.165) is 47.9 Å². The summed E-state index contributed by atoms with van der Waals surface area (Å²) in [5.41, 5.74) is 4.74. The van der Waals surface area contributed by atoms with Crippen LogP contribution in [0.15, 0.2) is 48.5 Å². The van der Waals surface area contributed by atoms with Gasteiger partial charge < -0.3 is 9.80 Å². The number of hydrogen-bond acceptors (Lipinski definition) is 5. The molecule has 7 heteroatoms. The van der Waals surface area contributed by atoms with E-state index in [4.69, 9.17) is 16.6 Å². The van der Waals surface area contributed by atoms with Gasteiger partial charge in [0.1, 0.15) is 16.5 Å². The SMILES string of the molecule is Cc1sc2nc(Cl)nc(N3CCN(c4ccc(F)cc4)CC3)c2c1-c1ccc(C(C)C)cc1. The number of fused-ring (bicyclic) bond motifs is 1. The number of hydrogen-bond donors (Lipinski definition) is 0. The molecule has 0 spiro atoms. The molecule has 0 atom stereocenters. The molecule has 33 heavy (non-hydrogen) atoms. The molecule has 170 valence electrons. The minimum atomic E-state index is -0.211. The van der Waals surface area contributed by atoms with E-state index in [0.29, 0.717) is 5.92 Å². The lowest BCUT2D eigenvalue weighted by molar-refractivity contribution is 0.624. The molecule has 1 fully saturated rings. The molecule has 4 nitrogen and oxygen atoms in total. The zero-order valence-corrected chi connectivity index (χ0v) is 20.6. The average Bonchev–Trinajstić information content (AvgIpc) is 3.14. The van der Waals surface area contributed by atoms with Crippen LogP contribution in [0.3, 0.4) is 0 Å². The smallest absolute Gasteiger partial charge is 0.225 e. The number of piperazine rings is 1. The maximum Gasteiger partial charge on any atom is 0.225 e.